The van der Waals surface area contributed by atoms with Crippen LogP contribution in [0.25, 0.3) is 0 Å². The van der Waals surface area contributed by atoms with Crippen LogP contribution in [0.15, 0.2) is 36.4 Å². The summed E-state index contributed by atoms with van der Waals surface area (Å²) in [6.45, 7) is -1.13. The van der Waals surface area contributed by atoms with Crippen molar-refractivity contribution in [2.45, 2.75) is 24.7 Å². The van der Waals surface area contributed by atoms with Crippen LogP contribution in [0.3, 0.4) is 0 Å². The zero-order valence-corrected chi connectivity index (χ0v) is 20.1. The monoisotopic (exact) mass is 614 g/mol. The Hall–Kier alpha value is -3.90. The standard InChI is InChI=1S/C22H18F12N4O3/c23-19(24,25)11-5-12(20(26,27)28)8-15(7-11)37-17(39)35-1-3-41-4-2-36-18(40)38-16-9-13(21(29,30)31)6-14(10-16)22(32,33)34/h5-10H,1-4H2,(H2,35,37,39)(H2,36,38,40). The van der Waals surface area contributed by atoms with Crippen molar-refractivity contribution in [2.75, 3.05) is 36.9 Å². The molecule has 228 valence electrons. The summed E-state index contributed by atoms with van der Waals surface area (Å²) in [6.07, 6.45) is -20.5. The number of urea groups is 2. The van der Waals surface area contributed by atoms with Crippen molar-refractivity contribution in [3.63, 3.8) is 0 Å². The number of hydrogen-bond donors (Lipinski definition) is 4. The van der Waals surface area contributed by atoms with Gasteiger partial charge < -0.3 is 26.0 Å². The molecule has 0 spiro atoms. The van der Waals surface area contributed by atoms with E-state index in [-0.39, 0.29) is 38.4 Å². The molecule has 2 aromatic rings. The van der Waals surface area contributed by atoms with Crippen LogP contribution in [-0.2, 0) is 29.4 Å². The number of hydrogen-bond acceptors (Lipinski definition) is 3. The molecular formula is C22H18F12N4O3. The van der Waals surface area contributed by atoms with Gasteiger partial charge in [0.25, 0.3) is 0 Å². The maximum Gasteiger partial charge on any atom is 0.416 e. The van der Waals surface area contributed by atoms with Crippen molar-refractivity contribution in [1.82, 2.24) is 10.6 Å². The molecule has 0 radical (unpaired) electrons. The normalized spacial score (nSPS) is 12.6. The number of amides is 4. The first kappa shape index (κ1) is 33.3. The molecule has 4 amide bonds. The number of anilines is 2. The minimum absolute atomic E-state index is 0.120. The number of ether oxygens (including phenoxy) is 1. The number of carbonyl (C=O) groups is 2. The third-order valence-corrected chi connectivity index (χ3v) is 4.75. The second-order valence-corrected chi connectivity index (χ2v) is 7.96. The molecule has 0 aliphatic carbocycles. The van der Waals surface area contributed by atoms with Crippen molar-refractivity contribution < 1.29 is 67.0 Å². The molecule has 0 unspecified atom stereocenters. The molecule has 0 saturated carbocycles. The zero-order chi connectivity index (χ0) is 31.2. The van der Waals surface area contributed by atoms with Crippen LogP contribution >= 0.6 is 0 Å². The minimum atomic E-state index is -5.12. The first-order valence-corrected chi connectivity index (χ1v) is 10.9. The van der Waals surface area contributed by atoms with Crippen LogP contribution in [0.4, 0.5) is 73.6 Å². The molecule has 0 aromatic heterocycles. The molecule has 0 fully saturated rings. The summed E-state index contributed by atoms with van der Waals surface area (Å²) in [5.41, 5.74) is -8.15. The van der Waals surface area contributed by atoms with Gasteiger partial charge in [0.15, 0.2) is 0 Å². The number of carbonyl (C=O) groups excluding carboxylic acids is 2. The molecule has 0 aliphatic rings. The summed E-state index contributed by atoms with van der Waals surface area (Å²) in [5.74, 6) is 0. The first-order valence-electron chi connectivity index (χ1n) is 10.9. The van der Waals surface area contributed by atoms with Crippen LogP contribution in [0.1, 0.15) is 22.3 Å². The Labute approximate surface area is 222 Å². The van der Waals surface area contributed by atoms with Gasteiger partial charge in [-0.25, -0.2) is 9.59 Å². The molecule has 41 heavy (non-hydrogen) atoms. The smallest absolute Gasteiger partial charge is 0.378 e. The third kappa shape index (κ3) is 10.9. The van der Waals surface area contributed by atoms with Crippen molar-refractivity contribution >= 4 is 23.4 Å². The lowest BCUT2D eigenvalue weighted by Gasteiger charge is -2.15. The number of nitrogens with one attached hydrogen (secondary N) is 4. The van der Waals surface area contributed by atoms with E-state index < -0.39 is 70.4 Å². The summed E-state index contributed by atoms with van der Waals surface area (Å²) in [5, 5.41) is 7.83. The number of halogens is 12. The van der Waals surface area contributed by atoms with Gasteiger partial charge >= 0.3 is 36.8 Å². The van der Waals surface area contributed by atoms with E-state index in [1.165, 1.54) is 0 Å². The lowest BCUT2D eigenvalue weighted by molar-refractivity contribution is -0.144. The Kier molecular flexibility index (Phi) is 10.3. The average molecular weight is 614 g/mol. The van der Waals surface area contributed by atoms with Gasteiger partial charge in [-0.2, -0.15) is 52.7 Å². The average Bonchev–Trinajstić information content (AvgIpc) is 2.80. The van der Waals surface area contributed by atoms with E-state index >= 15 is 0 Å². The number of alkyl halides is 12. The fourth-order valence-electron chi connectivity index (χ4n) is 2.98. The molecule has 19 heteroatoms. The number of rotatable bonds is 8. The molecule has 7 nitrogen and oxygen atoms in total. The van der Waals surface area contributed by atoms with Crippen LogP contribution in [-0.4, -0.2) is 38.4 Å². The largest absolute Gasteiger partial charge is 0.416 e. The third-order valence-electron chi connectivity index (χ3n) is 4.75. The minimum Gasteiger partial charge on any atom is -0.378 e. The molecular weight excluding hydrogens is 596 g/mol. The van der Waals surface area contributed by atoms with Gasteiger partial charge in [-0.3, -0.25) is 0 Å². The van der Waals surface area contributed by atoms with E-state index in [1.54, 1.807) is 0 Å². The van der Waals surface area contributed by atoms with Gasteiger partial charge in [0, 0.05) is 24.5 Å². The maximum atomic E-state index is 12.9. The van der Waals surface area contributed by atoms with Crippen molar-refractivity contribution in [3.05, 3.63) is 58.7 Å². The lowest BCUT2D eigenvalue weighted by atomic mass is 10.1. The highest BCUT2D eigenvalue weighted by molar-refractivity contribution is 5.90. The summed E-state index contributed by atoms with van der Waals surface area (Å²) in [4.78, 5) is 23.6. The van der Waals surface area contributed by atoms with E-state index in [0.29, 0.717) is 24.3 Å². The summed E-state index contributed by atoms with van der Waals surface area (Å²) in [7, 11) is 0. The van der Waals surface area contributed by atoms with Crippen LogP contribution < -0.4 is 21.3 Å². The molecule has 4 N–H and O–H groups in total. The molecule has 2 aromatic carbocycles. The Morgan fingerprint density at radius 3 is 1.02 bits per heavy atom. The summed E-state index contributed by atoms with van der Waals surface area (Å²) >= 11 is 0. The molecule has 0 atom stereocenters. The van der Waals surface area contributed by atoms with Crippen LogP contribution in [0.5, 0.6) is 0 Å². The highest BCUT2D eigenvalue weighted by atomic mass is 19.4. The fraction of sp³-hybridized carbons (Fsp3) is 0.364. The molecule has 0 bridgehead atoms. The highest BCUT2D eigenvalue weighted by Crippen LogP contribution is 2.38. The second kappa shape index (κ2) is 12.7. The van der Waals surface area contributed by atoms with Crippen molar-refractivity contribution in [2.24, 2.45) is 0 Å². The first-order chi connectivity index (χ1) is 18.7. The fourth-order valence-corrected chi connectivity index (χ4v) is 2.98. The molecule has 0 saturated heterocycles. The van der Waals surface area contributed by atoms with Crippen molar-refractivity contribution in [3.8, 4) is 0 Å². The van der Waals surface area contributed by atoms with E-state index in [0.717, 1.165) is 0 Å². The Balaban J connectivity index is 1.79. The lowest BCUT2D eigenvalue weighted by Crippen LogP contribution is -2.34. The number of benzene rings is 2. The van der Waals surface area contributed by atoms with E-state index in [9.17, 15) is 62.3 Å². The van der Waals surface area contributed by atoms with Gasteiger partial charge in [-0.1, -0.05) is 0 Å². The highest BCUT2D eigenvalue weighted by Gasteiger charge is 2.38. The van der Waals surface area contributed by atoms with E-state index in [2.05, 4.69) is 10.6 Å². The predicted octanol–water partition coefficient (Wildman–Crippen LogP) is 6.72. The summed E-state index contributed by atoms with van der Waals surface area (Å²) in [6, 6.07) is -1.39. The van der Waals surface area contributed by atoms with Crippen LogP contribution in [0, 0.1) is 0 Å². The van der Waals surface area contributed by atoms with Crippen LogP contribution in [0.2, 0.25) is 0 Å². The Morgan fingerprint density at radius 1 is 0.512 bits per heavy atom. The van der Waals surface area contributed by atoms with Gasteiger partial charge in [0.05, 0.1) is 35.5 Å². The Morgan fingerprint density at radius 2 is 0.780 bits per heavy atom. The van der Waals surface area contributed by atoms with E-state index in [1.807, 2.05) is 10.6 Å². The second-order valence-electron chi connectivity index (χ2n) is 7.96. The predicted molar refractivity (Wildman–Crippen MR) is 118 cm³/mol. The topological polar surface area (TPSA) is 91.5 Å². The van der Waals surface area contributed by atoms with E-state index in [4.69, 9.17) is 4.74 Å². The molecule has 2 rings (SSSR count). The zero-order valence-electron chi connectivity index (χ0n) is 20.1. The SMILES string of the molecule is O=C(NCCOCCNC(=O)Nc1cc(C(F)(F)F)cc(C(F)(F)F)c1)Nc1cc(C(F)(F)F)cc(C(F)(F)F)c1. The molecule has 0 heterocycles. The molecule has 0 aliphatic heterocycles. The quantitative estimate of drug-likeness (QED) is 0.197. The van der Waals surface area contributed by atoms with Gasteiger partial charge in [0.1, 0.15) is 0 Å². The maximum absolute atomic E-state index is 12.9. The van der Waals surface area contributed by atoms with Gasteiger partial charge in [-0.15, -0.1) is 0 Å². The van der Waals surface area contributed by atoms with Gasteiger partial charge in [-0.05, 0) is 36.4 Å². The Bertz CT molecular complexity index is 1070. The van der Waals surface area contributed by atoms with Gasteiger partial charge in [0.2, 0.25) is 0 Å². The van der Waals surface area contributed by atoms with Crippen molar-refractivity contribution in [1.29, 1.82) is 0 Å². The summed E-state index contributed by atoms with van der Waals surface area (Å²) < 4.78 is 160.